The Morgan fingerprint density at radius 2 is 2.04 bits per heavy atom. The van der Waals surface area contributed by atoms with Crippen LogP contribution in [0, 0.1) is 0 Å². The first-order valence-electron chi connectivity index (χ1n) is 7.56. The van der Waals surface area contributed by atoms with Gasteiger partial charge in [0.15, 0.2) is 0 Å². The highest BCUT2D eigenvalue weighted by molar-refractivity contribution is 5.85. The van der Waals surface area contributed by atoms with E-state index in [1.807, 2.05) is 18.2 Å². The number of hydrogen-bond acceptors (Lipinski definition) is 5. The minimum atomic E-state index is -0.340. The van der Waals surface area contributed by atoms with Gasteiger partial charge in [0.05, 0.1) is 27.3 Å². The normalized spacial score (nSPS) is 13.3. The molecule has 0 saturated heterocycles. The van der Waals surface area contributed by atoms with Crippen LogP contribution < -0.4 is 20.5 Å². The molecule has 126 valence electrons. The minimum Gasteiger partial charge on any atom is -0.497 e. The van der Waals surface area contributed by atoms with Gasteiger partial charge >= 0.3 is 0 Å². The van der Waals surface area contributed by atoms with Gasteiger partial charge in [0, 0.05) is 18.2 Å². The molecule has 23 heavy (non-hydrogen) atoms. The number of rotatable bonds is 8. The highest BCUT2D eigenvalue weighted by atomic mass is 16.5. The molecule has 1 fully saturated rings. The van der Waals surface area contributed by atoms with E-state index in [9.17, 15) is 9.59 Å². The van der Waals surface area contributed by atoms with Crippen LogP contribution in [0.2, 0.25) is 0 Å². The number of methoxy groups -OCH3 is 2. The molecular formula is C16H23N3O4. The monoisotopic (exact) mass is 321 g/mol. The third-order valence-electron chi connectivity index (χ3n) is 3.76. The van der Waals surface area contributed by atoms with Gasteiger partial charge in [0.25, 0.3) is 0 Å². The lowest BCUT2D eigenvalue weighted by molar-refractivity contribution is -0.133. The van der Waals surface area contributed by atoms with Crippen LogP contribution in [0.4, 0.5) is 0 Å². The van der Waals surface area contributed by atoms with Gasteiger partial charge in [0.2, 0.25) is 11.8 Å². The van der Waals surface area contributed by atoms with E-state index in [4.69, 9.17) is 15.2 Å². The van der Waals surface area contributed by atoms with Gasteiger partial charge in [-0.25, -0.2) is 0 Å². The summed E-state index contributed by atoms with van der Waals surface area (Å²) >= 11 is 0. The lowest BCUT2D eigenvalue weighted by Gasteiger charge is -2.24. The SMILES string of the molecule is COc1ccc(OC)c(CN(C(=O)CNC(=O)CN)C2CC2)c1. The van der Waals surface area contributed by atoms with E-state index >= 15 is 0 Å². The first-order chi connectivity index (χ1) is 11.1. The summed E-state index contributed by atoms with van der Waals surface area (Å²) in [6.07, 6.45) is 1.95. The quantitative estimate of drug-likeness (QED) is 0.717. The third-order valence-corrected chi connectivity index (χ3v) is 3.76. The van der Waals surface area contributed by atoms with Crippen LogP contribution in [0.25, 0.3) is 0 Å². The molecule has 1 aliphatic carbocycles. The van der Waals surface area contributed by atoms with Crippen molar-refractivity contribution in [1.29, 1.82) is 0 Å². The van der Waals surface area contributed by atoms with Crippen LogP contribution in [0.15, 0.2) is 18.2 Å². The summed E-state index contributed by atoms with van der Waals surface area (Å²) in [6.45, 7) is 0.252. The highest BCUT2D eigenvalue weighted by Crippen LogP contribution is 2.31. The van der Waals surface area contributed by atoms with Crippen LogP contribution in [-0.2, 0) is 16.1 Å². The van der Waals surface area contributed by atoms with E-state index in [-0.39, 0.29) is 30.9 Å². The number of amides is 2. The van der Waals surface area contributed by atoms with Gasteiger partial charge in [-0.15, -0.1) is 0 Å². The third kappa shape index (κ3) is 4.59. The Hall–Kier alpha value is -2.28. The molecule has 0 aromatic heterocycles. The van der Waals surface area contributed by atoms with Gasteiger partial charge in [-0.1, -0.05) is 0 Å². The number of carbonyl (C=O) groups excluding carboxylic acids is 2. The summed E-state index contributed by atoms with van der Waals surface area (Å²) in [5.74, 6) is 0.947. The number of carbonyl (C=O) groups is 2. The Kier molecular flexibility index (Phi) is 5.81. The average molecular weight is 321 g/mol. The standard InChI is InChI=1S/C16H23N3O4/c1-22-13-5-6-14(23-2)11(7-13)10-19(12-3-4-12)16(21)9-18-15(20)8-17/h5-7,12H,3-4,8-10,17H2,1-2H3,(H,18,20). The summed E-state index contributed by atoms with van der Waals surface area (Å²) in [6, 6.07) is 5.71. The predicted octanol–water partition coefficient (Wildman–Crippen LogP) is 0.270. The van der Waals surface area contributed by atoms with Crippen LogP contribution in [0.3, 0.4) is 0 Å². The topological polar surface area (TPSA) is 93.9 Å². The van der Waals surface area contributed by atoms with Gasteiger partial charge in [-0.05, 0) is 31.0 Å². The van der Waals surface area contributed by atoms with Crippen LogP contribution in [-0.4, -0.2) is 50.1 Å². The zero-order valence-corrected chi connectivity index (χ0v) is 13.5. The molecule has 1 aromatic carbocycles. The summed E-state index contributed by atoms with van der Waals surface area (Å²) in [5, 5.41) is 2.52. The Morgan fingerprint density at radius 1 is 1.30 bits per heavy atom. The molecule has 0 heterocycles. The smallest absolute Gasteiger partial charge is 0.242 e. The predicted molar refractivity (Wildman–Crippen MR) is 85.2 cm³/mol. The molecule has 0 bridgehead atoms. The van der Waals surface area contributed by atoms with E-state index in [1.165, 1.54) is 0 Å². The highest BCUT2D eigenvalue weighted by Gasteiger charge is 2.33. The zero-order chi connectivity index (χ0) is 16.8. The molecule has 0 radical (unpaired) electrons. The van der Waals surface area contributed by atoms with Crippen molar-refractivity contribution in [3.05, 3.63) is 23.8 Å². The second-order valence-electron chi connectivity index (χ2n) is 5.41. The number of nitrogens with zero attached hydrogens (tertiary/aromatic N) is 1. The number of nitrogens with one attached hydrogen (secondary N) is 1. The number of hydrogen-bond donors (Lipinski definition) is 2. The van der Waals surface area contributed by atoms with Crippen molar-refractivity contribution in [2.75, 3.05) is 27.3 Å². The number of nitrogens with two attached hydrogens (primary N) is 1. The van der Waals surface area contributed by atoms with Crippen molar-refractivity contribution in [3.8, 4) is 11.5 Å². The molecule has 0 atom stereocenters. The van der Waals surface area contributed by atoms with Crippen molar-refractivity contribution >= 4 is 11.8 Å². The van der Waals surface area contributed by atoms with Crippen molar-refractivity contribution in [1.82, 2.24) is 10.2 Å². The Bertz CT molecular complexity index is 572. The lowest BCUT2D eigenvalue weighted by atomic mass is 10.1. The lowest BCUT2D eigenvalue weighted by Crippen LogP contribution is -2.42. The molecule has 1 aromatic rings. The van der Waals surface area contributed by atoms with Gasteiger partial charge in [-0.2, -0.15) is 0 Å². The van der Waals surface area contributed by atoms with Gasteiger partial charge in [-0.3, -0.25) is 9.59 Å². The Morgan fingerprint density at radius 3 is 2.61 bits per heavy atom. The van der Waals surface area contributed by atoms with E-state index in [2.05, 4.69) is 5.32 Å². The molecule has 2 rings (SSSR count). The van der Waals surface area contributed by atoms with Gasteiger partial charge in [0.1, 0.15) is 11.5 Å². The van der Waals surface area contributed by atoms with E-state index < -0.39 is 0 Å². The van der Waals surface area contributed by atoms with Crippen molar-refractivity contribution in [2.45, 2.75) is 25.4 Å². The zero-order valence-electron chi connectivity index (χ0n) is 13.5. The maximum absolute atomic E-state index is 12.4. The fourth-order valence-electron chi connectivity index (χ4n) is 2.34. The second-order valence-corrected chi connectivity index (χ2v) is 5.41. The summed E-state index contributed by atoms with van der Waals surface area (Å²) in [5.41, 5.74) is 6.10. The average Bonchev–Trinajstić information content (AvgIpc) is 3.41. The first-order valence-corrected chi connectivity index (χ1v) is 7.56. The molecule has 0 aliphatic heterocycles. The number of ether oxygens (including phenoxy) is 2. The molecule has 7 nitrogen and oxygen atoms in total. The summed E-state index contributed by atoms with van der Waals surface area (Å²) in [4.78, 5) is 25.4. The second kappa shape index (κ2) is 7.82. The van der Waals surface area contributed by atoms with Gasteiger partial charge < -0.3 is 25.4 Å². The molecule has 2 amide bonds. The minimum absolute atomic E-state index is 0.0428. The summed E-state index contributed by atoms with van der Waals surface area (Å²) < 4.78 is 10.6. The molecule has 7 heteroatoms. The van der Waals surface area contributed by atoms with Crippen molar-refractivity contribution in [2.24, 2.45) is 5.73 Å². The van der Waals surface area contributed by atoms with Crippen LogP contribution in [0.1, 0.15) is 18.4 Å². The van der Waals surface area contributed by atoms with Crippen LogP contribution >= 0.6 is 0 Å². The largest absolute Gasteiger partial charge is 0.497 e. The molecule has 1 aliphatic rings. The van der Waals surface area contributed by atoms with Crippen molar-refractivity contribution < 1.29 is 19.1 Å². The molecule has 1 saturated carbocycles. The molecular weight excluding hydrogens is 298 g/mol. The first kappa shape index (κ1) is 17.1. The fourth-order valence-corrected chi connectivity index (χ4v) is 2.34. The van der Waals surface area contributed by atoms with E-state index in [0.29, 0.717) is 18.0 Å². The van der Waals surface area contributed by atoms with Crippen LogP contribution in [0.5, 0.6) is 11.5 Å². The fraction of sp³-hybridized carbons (Fsp3) is 0.500. The number of benzene rings is 1. The Balaban J connectivity index is 2.10. The maximum Gasteiger partial charge on any atom is 0.242 e. The molecule has 0 unspecified atom stereocenters. The Labute approximate surface area is 135 Å². The van der Waals surface area contributed by atoms with E-state index in [0.717, 1.165) is 18.4 Å². The molecule has 3 N–H and O–H groups in total. The maximum atomic E-state index is 12.4. The van der Waals surface area contributed by atoms with E-state index in [1.54, 1.807) is 19.1 Å². The molecule has 0 spiro atoms. The summed E-state index contributed by atoms with van der Waals surface area (Å²) in [7, 11) is 3.19. The van der Waals surface area contributed by atoms with Crippen molar-refractivity contribution in [3.63, 3.8) is 0 Å².